The maximum atomic E-state index is 13.3. The Morgan fingerprint density at radius 3 is 2.32 bits per heavy atom. The number of hydrogen-bond donors (Lipinski definition) is 0. The molecule has 1 aliphatic heterocycles. The maximum Gasteiger partial charge on any atom is 0.491 e. The fourth-order valence-electron chi connectivity index (χ4n) is 2.48. The topological polar surface area (TPSA) is 57.7 Å². The monoisotopic (exact) mass is 417 g/mol. The van der Waals surface area contributed by atoms with Gasteiger partial charge in [-0.15, -0.1) is 0 Å². The van der Waals surface area contributed by atoms with Crippen LogP contribution >= 0.6 is 11.8 Å². The lowest BCUT2D eigenvalue weighted by Gasteiger charge is -2.32. The van der Waals surface area contributed by atoms with E-state index in [0.29, 0.717) is 5.47 Å². The third-order valence-corrected chi connectivity index (χ3v) is 5.61. The number of rotatable bonds is 5. The molecule has 0 aliphatic carbocycles. The summed E-state index contributed by atoms with van der Waals surface area (Å²) in [5.41, 5.74) is -1.46. The minimum atomic E-state index is -4.61. The van der Waals surface area contributed by atoms with Gasteiger partial charge in [-0.25, -0.2) is 4.98 Å². The lowest BCUT2D eigenvalue weighted by atomic mass is 9.78. The van der Waals surface area contributed by atoms with E-state index < -0.39 is 35.9 Å². The van der Waals surface area contributed by atoms with Crippen LogP contribution in [0.1, 0.15) is 45.7 Å². The summed E-state index contributed by atoms with van der Waals surface area (Å²) in [6.07, 6.45) is -1.82. The molecular weight excluding hydrogens is 394 g/mol. The molecule has 1 fully saturated rings. The molecule has 0 radical (unpaired) electrons. The molecule has 0 bridgehead atoms. The first-order chi connectivity index (χ1) is 12.8. The van der Waals surface area contributed by atoms with E-state index in [1.165, 1.54) is 19.2 Å². The minimum Gasteiger partial charge on any atom is -0.481 e. The zero-order valence-electron chi connectivity index (χ0n) is 16.6. The fourth-order valence-corrected chi connectivity index (χ4v) is 3.07. The van der Waals surface area contributed by atoms with Gasteiger partial charge >= 0.3 is 13.3 Å². The molecule has 1 saturated heterocycles. The van der Waals surface area contributed by atoms with Gasteiger partial charge in [-0.05, 0) is 44.8 Å². The number of methoxy groups -OCH3 is 1. The van der Waals surface area contributed by atoms with Gasteiger partial charge in [-0.3, -0.25) is 4.79 Å². The zero-order valence-corrected chi connectivity index (χ0v) is 17.5. The van der Waals surface area contributed by atoms with Gasteiger partial charge in [-0.1, -0.05) is 17.8 Å². The predicted octanol–water partition coefficient (Wildman–Crippen LogP) is 4.40. The second kappa shape index (κ2) is 8.08. The molecule has 5 nitrogen and oxygen atoms in total. The van der Waals surface area contributed by atoms with Crippen LogP contribution in [0.5, 0.6) is 5.88 Å². The van der Waals surface area contributed by atoms with E-state index in [1.54, 1.807) is 0 Å². The van der Waals surface area contributed by atoms with Gasteiger partial charge in [0.15, 0.2) is 5.12 Å². The highest BCUT2D eigenvalue weighted by Crippen LogP contribution is 2.40. The highest BCUT2D eigenvalue weighted by Gasteiger charge is 2.52. The second-order valence-electron chi connectivity index (χ2n) is 7.41. The Morgan fingerprint density at radius 2 is 1.86 bits per heavy atom. The molecule has 0 N–H and O–H groups in total. The Labute approximate surface area is 167 Å². The van der Waals surface area contributed by atoms with Crippen LogP contribution in [0.25, 0.3) is 6.08 Å². The SMILES string of the molecule is COc1ncc(C=C(CSC(C)=O)B2OC(C)(C)C(C)(C)O2)cc1C(F)(F)F. The van der Waals surface area contributed by atoms with Crippen molar-refractivity contribution in [1.29, 1.82) is 0 Å². The first-order valence-electron chi connectivity index (χ1n) is 8.57. The van der Waals surface area contributed by atoms with Crippen molar-refractivity contribution in [2.24, 2.45) is 0 Å². The normalized spacial score (nSPS) is 19.0. The average molecular weight is 417 g/mol. The summed E-state index contributed by atoms with van der Waals surface area (Å²) in [6.45, 7) is 8.92. The Balaban J connectivity index is 2.44. The van der Waals surface area contributed by atoms with Gasteiger partial charge in [-0.2, -0.15) is 13.2 Å². The van der Waals surface area contributed by atoms with Gasteiger partial charge in [0.25, 0.3) is 0 Å². The number of carbonyl (C=O) groups excluding carboxylic acids is 1. The Bertz CT molecular complexity index is 765. The third-order valence-electron chi connectivity index (χ3n) is 4.72. The Hall–Kier alpha value is -1.52. The summed E-state index contributed by atoms with van der Waals surface area (Å²) < 4.78 is 56.5. The van der Waals surface area contributed by atoms with Gasteiger partial charge < -0.3 is 14.0 Å². The smallest absolute Gasteiger partial charge is 0.481 e. The van der Waals surface area contributed by atoms with Crippen molar-refractivity contribution in [2.75, 3.05) is 12.9 Å². The summed E-state index contributed by atoms with van der Waals surface area (Å²) in [6, 6.07) is 0.954. The third kappa shape index (κ3) is 5.09. The van der Waals surface area contributed by atoms with Crippen molar-refractivity contribution in [3.05, 3.63) is 28.9 Å². The molecule has 28 heavy (non-hydrogen) atoms. The van der Waals surface area contributed by atoms with Crippen molar-refractivity contribution in [3.8, 4) is 5.88 Å². The number of thioether (sulfide) groups is 1. The lowest BCUT2D eigenvalue weighted by molar-refractivity contribution is -0.139. The molecule has 0 amide bonds. The molecule has 0 saturated carbocycles. The first kappa shape index (κ1) is 22.8. The summed E-state index contributed by atoms with van der Waals surface area (Å²) in [5, 5.41) is -0.119. The number of nitrogens with zero attached hydrogens (tertiary/aromatic N) is 1. The summed E-state index contributed by atoms with van der Waals surface area (Å²) in [5.74, 6) is -0.278. The molecule has 0 spiro atoms. The van der Waals surface area contributed by atoms with Gasteiger partial charge in [0, 0.05) is 18.9 Å². The molecule has 0 atom stereocenters. The number of halogens is 3. The van der Waals surface area contributed by atoms with E-state index in [-0.39, 0.29) is 16.4 Å². The number of carbonyl (C=O) groups is 1. The van der Waals surface area contributed by atoms with E-state index in [4.69, 9.17) is 14.0 Å². The molecule has 0 aromatic carbocycles. The number of pyridine rings is 1. The van der Waals surface area contributed by atoms with E-state index in [2.05, 4.69) is 4.98 Å². The van der Waals surface area contributed by atoms with Crippen LogP contribution in [0.3, 0.4) is 0 Å². The Kier molecular flexibility index (Phi) is 6.57. The predicted molar refractivity (Wildman–Crippen MR) is 103 cm³/mol. The minimum absolute atomic E-state index is 0.119. The van der Waals surface area contributed by atoms with Crippen LogP contribution in [0.4, 0.5) is 13.2 Å². The van der Waals surface area contributed by atoms with Crippen molar-refractivity contribution >= 4 is 30.1 Å². The van der Waals surface area contributed by atoms with Crippen LogP contribution in [0.15, 0.2) is 17.7 Å². The maximum absolute atomic E-state index is 13.3. The highest BCUT2D eigenvalue weighted by molar-refractivity contribution is 8.13. The molecule has 2 rings (SSSR count). The summed E-state index contributed by atoms with van der Waals surface area (Å²) >= 11 is 1.03. The molecule has 10 heteroatoms. The van der Waals surface area contributed by atoms with Gasteiger partial charge in [0.2, 0.25) is 5.88 Å². The largest absolute Gasteiger partial charge is 0.491 e. The quantitative estimate of drug-likeness (QED) is 0.662. The van der Waals surface area contributed by atoms with Crippen LogP contribution in [-0.2, 0) is 20.3 Å². The molecule has 1 aromatic rings. The summed E-state index contributed by atoms with van der Waals surface area (Å²) in [4.78, 5) is 15.2. The standard InChI is InChI=1S/C18H23BF3NO4S/c1-11(24)28-10-13(19-26-16(2,3)17(4,5)27-19)7-12-8-14(18(20,21)22)15(25-6)23-9-12/h7-9H,10H2,1-6H3. The van der Waals surface area contributed by atoms with Crippen LogP contribution in [-0.4, -0.2) is 41.3 Å². The van der Waals surface area contributed by atoms with Crippen molar-refractivity contribution in [3.63, 3.8) is 0 Å². The van der Waals surface area contributed by atoms with E-state index in [9.17, 15) is 18.0 Å². The number of hydrogen-bond acceptors (Lipinski definition) is 6. The number of ether oxygens (including phenoxy) is 1. The lowest BCUT2D eigenvalue weighted by Crippen LogP contribution is -2.41. The molecule has 1 aromatic heterocycles. The molecule has 154 valence electrons. The zero-order chi connectivity index (χ0) is 21.3. The van der Waals surface area contributed by atoms with Crippen molar-refractivity contribution in [2.45, 2.75) is 52.0 Å². The van der Waals surface area contributed by atoms with E-state index in [0.717, 1.165) is 24.9 Å². The summed E-state index contributed by atoms with van der Waals surface area (Å²) in [7, 11) is 0.347. The fraction of sp³-hybridized carbons (Fsp3) is 0.556. The van der Waals surface area contributed by atoms with Crippen LogP contribution in [0.2, 0.25) is 0 Å². The first-order valence-corrected chi connectivity index (χ1v) is 9.56. The molecule has 2 heterocycles. The van der Waals surface area contributed by atoms with Gasteiger partial charge in [0.05, 0.1) is 18.3 Å². The van der Waals surface area contributed by atoms with Crippen molar-refractivity contribution < 1.29 is 32.0 Å². The number of alkyl halides is 3. The van der Waals surface area contributed by atoms with E-state index in [1.807, 2.05) is 27.7 Å². The second-order valence-corrected chi connectivity index (χ2v) is 8.56. The number of aromatic nitrogens is 1. The molecule has 1 aliphatic rings. The van der Waals surface area contributed by atoms with Gasteiger partial charge in [0.1, 0.15) is 5.56 Å². The van der Waals surface area contributed by atoms with Crippen molar-refractivity contribution in [1.82, 2.24) is 4.98 Å². The Morgan fingerprint density at radius 1 is 1.29 bits per heavy atom. The molecule has 0 unspecified atom stereocenters. The van der Waals surface area contributed by atoms with Crippen LogP contribution < -0.4 is 4.74 Å². The average Bonchev–Trinajstić information content (AvgIpc) is 2.78. The highest BCUT2D eigenvalue weighted by atomic mass is 32.2. The van der Waals surface area contributed by atoms with E-state index >= 15 is 0 Å². The van der Waals surface area contributed by atoms with Crippen LogP contribution in [0, 0.1) is 0 Å². The molecular formula is C18H23BF3NO4S.